The minimum absolute atomic E-state index is 0.192. The summed E-state index contributed by atoms with van der Waals surface area (Å²) in [4.78, 5) is 12.1. The van der Waals surface area contributed by atoms with Crippen molar-refractivity contribution < 1.29 is 13.2 Å². The van der Waals surface area contributed by atoms with Crippen LogP contribution in [-0.2, 0) is 10.0 Å². The highest BCUT2D eigenvalue weighted by atomic mass is 79.9. The molecule has 0 spiro atoms. The van der Waals surface area contributed by atoms with Crippen molar-refractivity contribution in [1.82, 2.24) is 10.0 Å². The highest BCUT2D eigenvalue weighted by Crippen LogP contribution is 2.21. The summed E-state index contributed by atoms with van der Waals surface area (Å²) in [7, 11) is -3.19. The summed E-state index contributed by atoms with van der Waals surface area (Å²) in [5.41, 5.74) is 0. The first-order valence-electron chi connectivity index (χ1n) is 4.36. The van der Waals surface area contributed by atoms with Gasteiger partial charge in [0.2, 0.25) is 10.0 Å². The Hall–Kier alpha value is -0.440. The van der Waals surface area contributed by atoms with E-state index < -0.39 is 10.0 Å². The molecule has 0 aliphatic rings. The summed E-state index contributed by atoms with van der Waals surface area (Å²) in [6, 6.07) is 3.49. The molecule has 2 N–H and O–H groups in total. The molecular weight excluding hydrogens is 316 g/mol. The van der Waals surface area contributed by atoms with Gasteiger partial charge in [-0.3, -0.25) is 4.79 Å². The molecule has 0 aliphatic heterocycles. The maximum absolute atomic E-state index is 11.5. The van der Waals surface area contributed by atoms with Gasteiger partial charge in [-0.25, -0.2) is 13.1 Å². The molecule has 0 aromatic carbocycles. The smallest absolute Gasteiger partial charge is 0.261 e. The molecule has 16 heavy (non-hydrogen) atoms. The van der Waals surface area contributed by atoms with E-state index in [0.29, 0.717) is 4.88 Å². The quantitative estimate of drug-likeness (QED) is 0.785. The SMILES string of the molecule is CS(=O)(=O)NCCNC(=O)c1ccc(Br)s1. The summed E-state index contributed by atoms with van der Waals surface area (Å²) in [6.45, 7) is 0.457. The zero-order valence-corrected chi connectivity index (χ0v) is 11.7. The van der Waals surface area contributed by atoms with Gasteiger partial charge in [-0.05, 0) is 28.1 Å². The molecule has 0 atom stereocenters. The van der Waals surface area contributed by atoms with Crippen molar-refractivity contribution in [2.75, 3.05) is 19.3 Å². The number of carbonyl (C=O) groups excluding carboxylic acids is 1. The van der Waals surface area contributed by atoms with Crippen molar-refractivity contribution in [3.63, 3.8) is 0 Å². The van der Waals surface area contributed by atoms with Gasteiger partial charge in [0.1, 0.15) is 0 Å². The molecule has 0 radical (unpaired) electrons. The molecule has 5 nitrogen and oxygen atoms in total. The molecule has 1 heterocycles. The molecule has 0 unspecified atom stereocenters. The zero-order chi connectivity index (χ0) is 12.2. The maximum atomic E-state index is 11.5. The lowest BCUT2D eigenvalue weighted by Crippen LogP contribution is -2.33. The normalized spacial score (nSPS) is 11.4. The second kappa shape index (κ2) is 5.76. The first kappa shape index (κ1) is 13.6. The Balaban J connectivity index is 2.31. The topological polar surface area (TPSA) is 75.3 Å². The third kappa shape index (κ3) is 5.06. The molecule has 1 rings (SSSR count). The van der Waals surface area contributed by atoms with E-state index in [4.69, 9.17) is 0 Å². The molecule has 90 valence electrons. The van der Waals surface area contributed by atoms with Crippen molar-refractivity contribution in [2.45, 2.75) is 0 Å². The lowest BCUT2D eigenvalue weighted by atomic mass is 10.4. The van der Waals surface area contributed by atoms with Gasteiger partial charge in [0, 0.05) is 13.1 Å². The highest BCUT2D eigenvalue weighted by molar-refractivity contribution is 9.11. The summed E-state index contributed by atoms with van der Waals surface area (Å²) < 4.78 is 24.6. The number of nitrogens with one attached hydrogen (secondary N) is 2. The molecule has 8 heteroatoms. The fourth-order valence-electron chi connectivity index (χ4n) is 0.936. The Morgan fingerprint density at radius 1 is 1.44 bits per heavy atom. The zero-order valence-electron chi connectivity index (χ0n) is 8.49. The standard InChI is InChI=1S/C8H11BrN2O3S2/c1-16(13,14)11-5-4-10-8(12)6-2-3-7(9)15-6/h2-3,11H,4-5H2,1H3,(H,10,12). The average Bonchev–Trinajstić information content (AvgIpc) is 2.57. The van der Waals surface area contributed by atoms with E-state index in [1.54, 1.807) is 12.1 Å². The van der Waals surface area contributed by atoms with Gasteiger partial charge in [-0.2, -0.15) is 0 Å². The van der Waals surface area contributed by atoms with Crippen LogP contribution in [0.1, 0.15) is 9.67 Å². The molecule has 0 fully saturated rings. The summed E-state index contributed by atoms with van der Waals surface area (Å²) in [5, 5.41) is 2.61. The first-order chi connectivity index (χ1) is 7.38. The van der Waals surface area contributed by atoms with Crippen molar-refractivity contribution >= 4 is 43.2 Å². The number of halogens is 1. The lowest BCUT2D eigenvalue weighted by molar-refractivity contribution is 0.0958. The Kier molecular flexibility index (Phi) is 4.90. The van der Waals surface area contributed by atoms with Crippen LogP contribution in [0.25, 0.3) is 0 Å². The number of sulfonamides is 1. The average molecular weight is 327 g/mol. The molecule has 0 aliphatic carbocycles. The Labute approximate surface area is 106 Å². The fraction of sp³-hybridized carbons (Fsp3) is 0.375. The number of carbonyl (C=O) groups is 1. The number of rotatable bonds is 5. The molecule has 1 amide bonds. The van der Waals surface area contributed by atoms with Crippen molar-refractivity contribution in [1.29, 1.82) is 0 Å². The molecule has 1 aromatic rings. The van der Waals surface area contributed by atoms with Crippen molar-refractivity contribution in [3.05, 3.63) is 20.8 Å². The fourth-order valence-corrected chi connectivity index (χ4v) is 2.71. The van der Waals surface area contributed by atoms with E-state index in [1.165, 1.54) is 11.3 Å². The maximum Gasteiger partial charge on any atom is 0.261 e. The Morgan fingerprint density at radius 2 is 2.12 bits per heavy atom. The predicted molar refractivity (Wildman–Crippen MR) is 67.2 cm³/mol. The van der Waals surface area contributed by atoms with Crippen LogP contribution in [0.2, 0.25) is 0 Å². The predicted octanol–water partition coefficient (Wildman–Crippen LogP) is 0.790. The van der Waals surface area contributed by atoms with E-state index in [0.717, 1.165) is 10.0 Å². The van der Waals surface area contributed by atoms with Crippen LogP contribution in [-0.4, -0.2) is 33.7 Å². The van der Waals surface area contributed by atoms with Crippen molar-refractivity contribution in [2.24, 2.45) is 0 Å². The molecule has 0 bridgehead atoms. The van der Waals surface area contributed by atoms with Gasteiger partial charge in [-0.1, -0.05) is 0 Å². The van der Waals surface area contributed by atoms with E-state index >= 15 is 0 Å². The Bertz CT molecular complexity index is 469. The van der Waals surface area contributed by atoms with Crippen LogP contribution in [0, 0.1) is 0 Å². The molecule has 0 saturated carbocycles. The van der Waals surface area contributed by atoms with E-state index in [-0.39, 0.29) is 19.0 Å². The number of hydrogen-bond acceptors (Lipinski definition) is 4. The van der Waals surface area contributed by atoms with E-state index in [9.17, 15) is 13.2 Å². The van der Waals surface area contributed by atoms with Gasteiger partial charge < -0.3 is 5.32 Å². The third-order valence-electron chi connectivity index (χ3n) is 1.57. The minimum Gasteiger partial charge on any atom is -0.350 e. The monoisotopic (exact) mass is 326 g/mol. The van der Waals surface area contributed by atoms with E-state index in [2.05, 4.69) is 26.0 Å². The first-order valence-corrected chi connectivity index (χ1v) is 7.87. The van der Waals surface area contributed by atoms with Crippen LogP contribution in [0.5, 0.6) is 0 Å². The largest absolute Gasteiger partial charge is 0.350 e. The van der Waals surface area contributed by atoms with Gasteiger partial charge in [0.15, 0.2) is 0 Å². The van der Waals surface area contributed by atoms with Crippen LogP contribution >= 0.6 is 27.3 Å². The Morgan fingerprint density at radius 3 is 2.62 bits per heavy atom. The van der Waals surface area contributed by atoms with Crippen LogP contribution in [0.4, 0.5) is 0 Å². The van der Waals surface area contributed by atoms with Crippen LogP contribution in [0.15, 0.2) is 15.9 Å². The van der Waals surface area contributed by atoms with Gasteiger partial charge >= 0.3 is 0 Å². The number of thiophene rings is 1. The van der Waals surface area contributed by atoms with Gasteiger partial charge in [-0.15, -0.1) is 11.3 Å². The molecule has 0 saturated heterocycles. The summed E-state index contributed by atoms with van der Waals surface area (Å²) in [6.07, 6.45) is 1.07. The van der Waals surface area contributed by atoms with Crippen molar-refractivity contribution in [3.8, 4) is 0 Å². The van der Waals surface area contributed by atoms with Gasteiger partial charge in [0.05, 0.1) is 14.9 Å². The highest BCUT2D eigenvalue weighted by Gasteiger charge is 2.07. The number of amides is 1. The van der Waals surface area contributed by atoms with Gasteiger partial charge in [0.25, 0.3) is 5.91 Å². The molecular formula is C8H11BrN2O3S2. The van der Waals surface area contributed by atoms with Crippen LogP contribution < -0.4 is 10.0 Å². The second-order valence-electron chi connectivity index (χ2n) is 3.03. The summed E-state index contributed by atoms with van der Waals surface area (Å²) >= 11 is 4.58. The van der Waals surface area contributed by atoms with E-state index in [1.807, 2.05) is 0 Å². The number of hydrogen-bond donors (Lipinski definition) is 2. The molecule has 1 aromatic heterocycles. The van der Waals surface area contributed by atoms with Crippen LogP contribution in [0.3, 0.4) is 0 Å². The lowest BCUT2D eigenvalue weighted by Gasteiger charge is -2.03. The third-order valence-corrected chi connectivity index (χ3v) is 3.92. The minimum atomic E-state index is -3.19. The summed E-state index contributed by atoms with van der Waals surface area (Å²) in [5.74, 6) is -0.203. The second-order valence-corrected chi connectivity index (χ2v) is 7.32.